The van der Waals surface area contributed by atoms with Crippen molar-refractivity contribution in [3.63, 3.8) is 0 Å². The first-order chi connectivity index (χ1) is 11.1. The van der Waals surface area contributed by atoms with Crippen molar-refractivity contribution in [3.05, 3.63) is 50.9 Å². The zero-order valence-electron chi connectivity index (χ0n) is 12.6. The molecular weight excluding hydrogens is 348 g/mol. The highest BCUT2D eigenvalue weighted by atomic mass is 32.2. The van der Waals surface area contributed by atoms with Crippen LogP contribution in [-0.4, -0.2) is 21.1 Å². The maximum absolute atomic E-state index is 12.1. The van der Waals surface area contributed by atoms with Crippen molar-refractivity contribution in [1.29, 1.82) is 0 Å². The van der Waals surface area contributed by atoms with E-state index in [2.05, 4.69) is 25.9 Å². The molecule has 0 aliphatic carbocycles. The predicted octanol–water partition coefficient (Wildman–Crippen LogP) is 4.16. The van der Waals surface area contributed by atoms with Crippen LogP contribution in [0.25, 0.3) is 0 Å². The van der Waals surface area contributed by atoms with E-state index in [4.69, 9.17) is 0 Å². The van der Waals surface area contributed by atoms with Crippen molar-refractivity contribution < 1.29 is 4.79 Å². The van der Waals surface area contributed by atoms with Crippen molar-refractivity contribution in [1.82, 2.24) is 15.2 Å². The Balaban J connectivity index is 1.58. The van der Waals surface area contributed by atoms with Crippen LogP contribution in [0.1, 0.15) is 26.1 Å². The van der Waals surface area contributed by atoms with Crippen LogP contribution < -0.4 is 5.32 Å². The lowest BCUT2D eigenvalue weighted by atomic mass is 10.2. The van der Waals surface area contributed by atoms with Gasteiger partial charge in [-0.15, -0.1) is 33.3 Å². The molecule has 0 bridgehead atoms. The van der Waals surface area contributed by atoms with E-state index in [1.54, 1.807) is 23.1 Å². The molecule has 1 N–H and O–H groups in total. The summed E-state index contributed by atoms with van der Waals surface area (Å²) in [7, 11) is 0. The van der Waals surface area contributed by atoms with Crippen LogP contribution in [0.3, 0.4) is 0 Å². The van der Waals surface area contributed by atoms with Gasteiger partial charge in [0.1, 0.15) is 5.01 Å². The Kier molecular flexibility index (Phi) is 5.04. The summed E-state index contributed by atoms with van der Waals surface area (Å²) < 4.78 is 0. The van der Waals surface area contributed by atoms with Crippen molar-refractivity contribution in [2.75, 3.05) is 5.32 Å². The van der Waals surface area contributed by atoms with Crippen molar-refractivity contribution in [2.24, 2.45) is 0 Å². The smallest absolute Gasteiger partial charge is 0.257 e. The van der Waals surface area contributed by atoms with Gasteiger partial charge in [-0.05, 0) is 38.1 Å². The second-order valence-electron chi connectivity index (χ2n) is 4.75. The fourth-order valence-electron chi connectivity index (χ4n) is 1.85. The quantitative estimate of drug-likeness (QED) is 0.690. The number of hydrogen-bond acceptors (Lipinski definition) is 7. The number of anilines is 1. The fraction of sp³-hybridized carbons (Fsp3) is 0.200. The Bertz CT molecular complexity index is 810. The highest BCUT2D eigenvalue weighted by Crippen LogP contribution is 2.24. The van der Waals surface area contributed by atoms with Crippen LogP contribution in [-0.2, 0) is 5.75 Å². The predicted molar refractivity (Wildman–Crippen MR) is 95.5 cm³/mol. The molecule has 23 heavy (non-hydrogen) atoms. The number of aryl methyl sites for hydroxylation is 2. The molecule has 5 nitrogen and oxygen atoms in total. The summed E-state index contributed by atoms with van der Waals surface area (Å²) in [5.41, 5.74) is 1.69. The first-order valence-electron chi connectivity index (χ1n) is 6.85. The Morgan fingerprint density at radius 3 is 2.57 bits per heavy atom. The number of hydrogen-bond donors (Lipinski definition) is 1. The molecular formula is C15H14N4OS3. The van der Waals surface area contributed by atoms with E-state index in [0.717, 1.165) is 26.4 Å². The normalized spacial score (nSPS) is 10.7. The molecule has 0 saturated heterocycles. The standard InChI is InChI=1S/C15H14N4OS3/c1-9-16-12(7-21-9)8-22-13-5-3-11(4-6-13)14(20)17-15-19-18-10(2)23-15/h3-7H,8H2,1-2H3,(H,17,19,20). The number of thioether (sulfide) groups is 1. The largest absolute Gasteiger partial charge is 0.296 e. The minimum atomic E-state index is -0.173. The highest BCUT2D eigenvalue weighted by molar-refractivity contribution is 7.98. The van der Waals surface area contributed by atoms with Crippen LogP contribution in [0.5, 0.6) is 0 Å². The lowest BCUT2D eigenvalue weighted by Gasteiger charge is -2.03. The lowest BCUT2D eigenvalue weighted by molar-refractivity contribution is 0.102. The molecule has 0 fully saturated rings. The number of rotatable bonds is 5. The van der Waals surface area contributed by atoms with E-state index in [0.29, 0.717) is 10.7 Å². The fourth-order valence-corrected chi connectivity index (χ4v) is 3.95. The van der Waals surface area contributed by atoms with Gasteiger partial charge in [0.25, 0.3) is 5.91 Å². The summed E-state index contributed by atoms with van der Waals surface area (Å²) in [5, 5.41) is 15.0. The zero-order valence-corrected chi connectivity index (χ0v) is 15.0. The molecule has 118 valence electrons. The van der Waals surface area contributed by atoms with Crippen molar-refractivity contribution in [3.8, 4) is 0 Å². The number of amides is 1. The Morgan fingerprint density at radius 1 is 1.17 bits per heavy atom. The Hall–Kier alpha value is -1.77. The molecule has 0 aliphatic heterocycles. The van der Waals surface area contributed by atoms with Gasteiger partial charge in [0.15, 0.2) is 0 Å². The third kappa shape index (κ3) is 4.37. The molecule has 3 rings (SSSR count). The van der Waals surface area contributed by atoms with Crippen LogP contribution in [0.4, 0.5) is 5.13 Å². The molecule has 0 radical (unpaired) electrons. The number of nitrogens with zero attached hydrogens (tertiary/aromatic N) is 3. The highest BCUT2D eigenvalue weighted by Gasteiger charge is 2.09. The first kappa shape index (κ1) is 16.1. The van der Waals surface area contributed by atoms with Gasteiger partial charge in [-0.3, -0.25) is 10.1 Å². The SMILES string of the molecule is Cc1nc(CSc2ccc(C(=O)Nc3nnc(C)s3)cc2)cs1. The minimum absolute atomic E-state index is 0.173. The third-order valence-electron chi connectivity index (χ3n) is 2.92. The van der Waals surface area contributed by atoms with E-state index in [1.165, 1.54) is 11.3 Å². The van der Waals surface area contributed by atoms with Crippen LogP contribution in [0, 0.1) is 13.8 Å². The van der Waals surface area contributed by atoms with Gasteiger partial charge in [0.05, 0.1) is 10.7 Å². The molecule has 8 heteroatoms. The molecule has 2 aromatic heterocycles. The van der Waals surface area contributed by atoms with Crippen LogP contribution in [0.15, 0.2) is 34.5 Å². The van der Waals surface area contributed by atoms with Gasteiger partial charge in [0.2, 0.25) is 5.13 Å². The number of carbonyl (C=O) groups excluding carboxylic acids is 1. The molecule has 0 atom stereocenters. The van der Waals surface area contributed by atoms with Gasteiger partial charge in [-0.1, -0.05) is 11.3 Å². The van der Waals surface area contributed by atoms with Gasteiger partial charge in [-0.25, -0.2) is 4.98 Å². The van der Waals surface area contributed by atoms with Crippen LogP contribution in [0.2, 0.25) is 0 Å². The summed E-state index contributed by atoms with van der Waals surface area (Å²) in [6.45, 7) is 3.86. The lowest BCUT2D eigenvalue weighted by Crippen LogP contribution is -2.11. The summed E-state index contributed by atoms with van der Waals surface area (Å²) >= 11 is 4.73. The third-order valence-corrected chi connectivity index (χ3v) is 5.54. The van der Waals surface area contributed by atoms with E-state index in [1.807, 2.05) is 38.1 Å². The average molecular weight is 363 g/mol. The number of aromatic nitrogens is 3. The topological polar surface area (TPSA) is 67.8 Å². The summed E-state index contributed by atoms with van der Waals surface area (Å²) in [6, 6.07) is 7.53. The molecule has 0 spiro atoms. The molecule has 2 heterocycles. The summed E-state index contributed by atoms with van der Waals surface area (Å²) in [4.78, 5) is 17.7. The maximum Gasteiger partial charge on any atom is 0.257 e. The summed E-state index contributed by atoms with van der Waals surface area (Å²) in [5.74, 6) is 0.660. The van der Waals surface area contributed by atoms with Gasteiger partial charge >= 0.3 is 0 Å². The maximum atomic E-state index is 12.1. The van der Waals surface area contributed by atoms with Gasteiger partial charge in [-0.2, -0.15) is 0 Å². The second kappa shape index (κ2) is 7.20. The van der Waals surface area contributed by atoms with Gasteiger partial charge in [0, 0.05) is 21.6 Å². The van der Waals surface area contributed by atoms with E-state index >= 15 is 0 Å². The number of carbonyl (C=O) groups is 1. The minimum Gasteiger partial charge on any atom is -0.296 e. The number of thiazole rings is 1. The van der Waals surface area contributed by atoms with E-state index in [-0.39, 0.29) is 5.91 Å². The number of nitrogens with one attached hydrogen (secondary N) is 1. The van der Waals surface area contributed by atoms with Crippen LogP contribution >= 0.6 is 34.4 Å². The van der Waals surface area contributed by atoms with E-state index < -0.39 is 0 Å². The Morgan fingerprint density at radius 2 is 1.96 bits per heavy atom. The van der Waals surface area contributed by atoms with Crippen molar-refractivity contribution in [2.45, 2.75) is 24.5 Å². The van der Waals surface area contributed by atoms with Gasteiger partial charge < -0.3 is 0 Å². The molecule has 1 aromatic carbocycles. The number of benzene rings is 1. The first-order valence-corrected chi connectivity index (χ1v) is 9.53. The molecule has 0 unspecified atom stereocenters. The molecule has 0 aliphatic rings. The summed E-state index contributed by atoms with van der Waals surface area (Å²) in [6.07, 6.45) is 0. The second-order valence-corrected chi connectivity index (χ2v) is 8.04. The molecule has 1 amide bonds. The zero-order chi connectivity index (χ0) is 16.2. The average Bonchev–Trinajstić information content (AvgIpc) is 3.14. The Labute approximate surface area is 146 Å². The van der Waals surface area contributed by atoms with Crippen molar-refractivity contribution >= 4 is 45.5 Å². The van der Waals surface area contributed by atoms with E-state index in [9.17, 15) is 4.79 Å². The monoisotopic (exact) mass is 362 g/mol. The molecule has 3 aromatic rings. The molecule has 0 saturated carbocycles.